The van der Waals surface area contributed by atoms with E-state index in [2.05, 4.69) is 10.6 Å². The van der Waals surface area contributed by atoms with Gasteiger partial charge in [0.2, 0.25) is 5.91 Å². The maximum Gasteiger partial charge on any atom is 0.406 e. The summed E-state index contributed by atoms with van der Waals surface area (Å²) in [5.74, 6) is -3.03. The first-order valence-corrected chi connectivity index (χ1v) is 12.8. The molecule has 6 rings (SSSR count). The summed E-state index contributed by atoms with van der Waals surface area (Å²) in [7, 11) is 1.52. The van der Waals surface area contributed by atoms with E-state index in [4.69, 9.17) is 0 Å². The van der Waals surface area contributed by atoms with Crippen LogP contribution < -0.4 is 10.6 Å². The van der Waals surface area contributed by atoms with Crippen molar-refractivity contribution in [3.63, 3.8) is 0 Å². The number of carbonyl (C=O) groups excluding carboxylic acids is 5. The number of fused-ring (bicyclic) bond motifs is 3. The number of benzene rings is 2. The van der Waals surface area contributed by atoms with Gasteiger partial charge in [-0.15, -0.1) is 0 Å². The lowest BCUT2D eigenvalue weighted by molar-refractivity contribution is -0.155. The lowest BCUT2D eigenvalue weighted by atomic mass is 9.90. The minimum absolute atomic E-state index is 0.00387. The van der Waals surface area contributed by atoms with Gasteiger partial charge in [-0.05, 0) is 53.3 Å². The fourth-order valence-corrected chi connectivity index (χ4v) is 6.52. The number of nitrogens with one attached hydrogen (secondary N) is 2. The molecule has 2 heterocycles. The van der Waals surface area contributed by atoms with Crippen molar-refractivity contribution in [2.24, 2.45) is 0 Å². The summed E-state index contributed by atoms with van der Waals surface area (Å²) >= 11 is 0. The first-order valence-electron chi connectivity index (χ1n) is 12.8. The molecule has 41 heavy (non-hydrogen) atoms. The second kappa shape index (κ2) is 8.75. The van der Waals surface area contributed by atoms with Crippen LogP contribution in [0.3, 0.4) is 0 Å². The smallest absolute Gasteiger partial charge is 0.325 e. The van der Waals surface area contributed by atoms with E-state index < -0.39 is 65.9 Å². The van der Waals surface area contributed by atoms with Gasteiger partial charge in [-0.25, -0.2) is 14.0 Å². The van der Waals surface area contributed by atoms with Crippen molar-refractivity contribution in [1.29, 1.82) is 0 Å². The molecule has 0 bridgehead atoms. The quantitative estimate of drug-likeness (QED) is 0.431. The summed E-state index contributed by atoms with van der Waals surface area (Å²) < 4.78 is 54.5. The molecule has 2 atom stereocenters. The van der Waals surface area contributed by atoms with Crippen LogP contribution in [0.25, 0.3) is 0 Å². The third-order valence-electron chi connectivity index (χ3n) is 8.51. The number of hydrogen-bond donors (Lipinski definition) is 2. The van der Waals surface area contributed by atoms with Gasteiger partial charge >= 0.3 is 18.2 Å². The maximum absolute atomic E-state index is 14.6. The third kappa shape index (κ3) is 3.87. The molecule has 10 nitrogen and oxygen atoms in total. The predicted octanol–water partition coefficient (Wildman–Crippen LogP) is 2.45. The van der Waals surface area contributed by atoms with E-state index in [1.165, 1.54) is 24.1 Å². The highest BCUT2D eigenvalue weighted by Gasteiger charge is 2.62. The number of imide groups is 2. The monoisotopic (exact) mass is 573 g/mol. The molecule has 2 fully saturated rings. The molecule has 214 valence electrons. The van der Waals surface area contributed by atoms with Crippen LogP contribution >= 0.6 is 0 Å². The third-order valence-corrected chi connectivity index (χ3v) is 8.51. The molecule has 2 spiro atoms. The van der Waals surface area contributed by atoms with Gasteiger partial charge in [0, 0.05) is 25.6 Å². The Labute approximate surface area is 230 Å². The van der Waals surface area contributed by atoms with E-state index >= 15 is 0 Å². The number of anilines is 1. The lowest BCUT2D eigenvalue weighted by Crippen LogP contribution is -2.48. The summed E-state index contributed by atoms with van der Waals surface area (Å²) in [5, 5.41) is 4.91. The molecule has 0 aromatic heterocycles. The Kier molecular flexibility index (Phi) is 5.70. The summed E-state index contributed by atoms with van der Waals surface area (Å²) in [4.78, 5) is 66.6. The molecule has 2 N–H and O–H groups in total. The van der Waals surface area contributed by atoms with Crippen molar-refractivity contribution in [3.8, 4) is 0 Å². The van der Waals surface area contributed by atoms with Crippen LogP contribution in [0.1, 0.15) is 28.7 Å². The van der Waals surface area contributed by atoms with Crippen molar-refractivity contribution >= 4 is 35.5 Å². The van der Waals surface area contributed by atoms with Crippen molar-refractivity contribution in [2.45, 2.75) is 42.9 Å². The predicted molar refractivity (Wildman–Crippen MR) is 133 cm³/mol. The van der Waals surface area contributed by atoms with Crippen molar-refractivity contribution in [1.82, 2.24) is 20.0 Å². The Morgan fingerprint density at radius 2 is 1.80 bits per heavy atom. The molecule has 2 aliphatic carbocycles. The highest BCUT2D eigenvalue weighted by atomic mass is 19.4. The van der Waals surface area contributed by atoms with E-state index in [0.29, 0.717) is 5.56 Å². The van der Waals surface area contributed by atoms with Crippen LogP contribution in [0.2, 0.25) is 0 Å². The second-order valence-corrected chi connectivity index (χ2v) is 10.7. The van der Waals surface area contributed by atoms with Gasteiger partial charge in [0.15, 0.2) is 5.54 Å². The Balaban J connectivity index is 1.27. The largest absolute Gasteiger partial charge is 0.406 e. The van der Waals surface area contributed by atoms with Crippen molar-refractivity contribution in [3.05, 3.63) is 64.5 Å². The zero-order valence-corrected chi connectivity index (χ0v) is 21.6. The molecule has 0 radical (unpaired) electrons. The van der Waals surface area contributed by atoms with E-state index in [9.17, 15) is 41.5 Å². The van der Waals surface area contributed by atoms with Gasteiger partial charge in [-0.3, -0.25) is 29.5 Å². The Hall–Kier alpha value is -4.49. The average molecular weight is 574 g/mol. The van der Waals surface area contributed by atoms with Gasteiger partial charge in [0.05, 0.1) is 0 Å². The average Bonchev–Trinajstić information content (AvgIpc) is 3.58. The number of likely N-dealkylation sites (N-methyl/N-ethyl adjacent to an activating group) is 1. The van der Waals surface area contributed by atoms with Gasteiger partial charge in [0.1, 0.15) is 24.4 Å². The molecule has 7 amide bonds. The Bertz CT molecular complexity index is 1560. The highest BCUT2D eigenvalue weighted by Crippen LogP contribution is 2.48. The number of nitrogens with zero attached hydrogens (tertiary/aromatic N) is 3. The van der Waals surface area contributed by atoms with Gasteiger partial charge in [-0.2, -0.15) is 13.2 Å². The minimum atomic E-state index is -4.88. The van der Waals surface area contributed by atoms with Crippen LogP contribution in [0.5, 0.6) is 0 Å². The summed E-state index contributed by atoms with van der Waals surface area (Å²) in [6.07, 6.45) is -4.58. The van der Waals surface area contributed by atoms with E-state index in [0.717, 1.165) is 16.5 Å². The summed E-state index contributed by atoms with van der Waals surface area (Å²) in [6, 6.07) is 6.91. The van der Waals surface area contributed by atoms with E-state index in [1.807, 2.05) is 0 Å². The van der Waals surface area contributed by atoms with Crippen molar-refractivity contribution in [2.75, 3.05) is 25.5 Å². The number of hydrogen-bond acceptors (Lipinski definition) is 5. The van der Waals surface area contributed by atoms with Crippen LogP contribution in [-0.4, -0.2) is 76.3 Å². The number of halogens is 4. The molecular weight excluding hydrogens is 550 g/mol. The SMILES string of the molecule is CN1C(=O)NC(=O)[C@@]12Cc1ccc(NC(=O)CN3C(=O)N(CC(F)(F)F)C(=O)C34CCc3c(F)cccc34)cc1C2. The second-order valence-electron chi connectivity index (χ2n) is 10.7. The molecule has 1 unspecified atom stereocenters. The molecule has 4 aliphatic rings. The Morgan fingerprint density at radius 3 is 2.49 bits per heavy atom. The maximum atomic E-state index is 14.6. The fraction of sp³-hybridized carbons (Fsp3) is 0.370. The number of alkyl halides is 3. The number of amides is 7. The van der Waals surface area contributed by atoms with Crippen LogP contribution in [0, 0.1) is 5.82 Å². The van der Waals surface area contributed by atoms with Crippen LogP contribution in [-0.2, 0) is 39.2 Å². The van der Waals surface area contributed by atoms with Crippen molar-refractivity contribution < 1.29 is 41.5 Å². The first-order chi connectivity index (χ1) is 19.3. The van der Waals surface area contributed by atoms with Crippen LogP contribution in [0.4, 0.5) is 32.8 Å². The minimum Gasteiger partial charge on any atom is -0.325 e. The summed E-state index contributed by atoms with van der Waals surface area (Å²) in [6.45, 7) is -2.61. The molecule has 2 saturated heterocycles. The molecule has 2 aliphatic heterocycles. The van der Waals surface area contributed by atoms with Gasteiger partial charge < -0.3 is 10.2 Å². The van der Waals surface area contributed by atoms with Gasteiger partial charge in [0.25, 0.3) is 11.8 Å². The van der Waals surface area contributed by atoms with E-state index in [-0.39, 0.29) is 47.4 Å². The van der Waals surface area contributed by atoms with E-state index in [1.54, 1.807) is 18.2 Å². The standard InChI is InChI=1S/C27H23F4N5O5/c1-34-23(40)33-21(38)25(34)10-14-5-6-16(9-15(14)11-25)32-20(37)12-36-24(41)35(13-27(29,30)31)22(39)26(36)8-7-17-18(26)3-2-4-19(17)28/h2-6,9H,7-8,10-13H2,1H3,(H,32,37)(H,33,38,40)/t25-,26?/m0/s1. The van der Waals surface area contributed by atoms with Crippen LogP contribution in [0.15, 0.2) is 36.4 Å². The zero-order valence-electron chi connectivity index (χ0n) is 21.6. The lowest BCUT2D eigenvalue weighted by Gasteiger charge is -2.32. The normalized spacial score (nSPS) is 25.0. The number of urea groups is 2. The molecule has 0 saturated carbocycles. The first kappa shape index (κ1) is 26.7. The molecule has 2 aromatic carbocycles. The number of carbonyl (C=O) groups is 5. The number of rotatable bonds is 4. The fourth-order valence-electron chi connectivity index (χ4n) is 6.52. The molecule has 2 aromatic rings. The topological polar surface area (TPSA) is 119 Å². The summed E-state index contributed by atoms with van der Waals surface area (Å²) in [5.41, 5.74) is -1.07. The molecule has 14 heteroatoms. The zero-order chi connectivity index (χ0) is 29.5. The highest BCUT2D eigenvalue weighted by molar-refractivity contribution is 6.10. The Morgan fingerprint density at radius 1 is 1.07 bits per heavy atom. The van der Waals surface area contributed by atoms with Gasteiger partial charge in [-0.1, -0.05) is 18.2 Å². The molecular formula is C27H23F4N5O5.